The Morgan fingerprint density at radius 1 is 0.920 bits per heavy atom. The van der Waals surface area contributed by atoms with Crippen LogP contribution in [0.2, 0.25) is 0 Å². The fourth-order valence-electron chi connectivity index (χ4n) is 7.13. The van der Waals surface area contributed by atoms with E-state index in [1.54, 1.807) is 22.2 Å². The lowest BCUT2D eigenvalue weighted by atomic mass is 9.98. The first-order valence-corrected chi connectivity index (χ1v) is 19.6. The molecule has 0 bridgehead atoms. The molecule has 0 aliphatic carbocycles. The van der Waals surface area contributed by atoms with Crippen LogP contribution in [0, 0.1) is 0 Å². The summed E-state index contributed by atoms with van der Waals surface area (Å²) in [6.07, 6.45) is 3.10. The number of furan rings is 1. The van der Waals surface area contributed by atoms with Crippen LogP contribution >= 0.6 is 45.2 Å². The van der Waals surface area contributed by atoms with Crippen molar-refractivity contribution < 1.29 is 18.8 Å². The normalized spacial score (nSPS) is 17.8. The molecule has 1 aromatic heterocycles. The van der Waals surface area contributed by atoms with Crippen molar-refractivity contribution >= 4 is 84.8 Å². The minimum atomic E-state index is -0.748. The molecule has 4 amide bonds. The maximum absolute atomic E-state index is 14.5. The van der Waals surface area contributed by atoms with Crippen molar-refractivity contribution in [3.63, 3.8) is 0 Å². The molecule has 2 saturated heterocycles. The van der Waals surface area contributed by atoms with Gasteiger partial charge in [-0.15, -0.1) is 6.58 Å². The number of carbonyl (C=O) groups is 3. The van der Waals surface area contributed by atoms with Gasteiger partial charge in [-0.05, 0) is 56.8 Å². The third kappa shape index (κ3) is 6.87. The van der Waals surface area contributed by atoms with Gasteiger partial charge in [-0.25, -0.2) is 4.79 Å². The number of amides is 4. The SMILES string of the molecule is C=CCN(C(=O)NCc1ccc(CI)c(CI)c1)N1CC(=O)N2[C@@H](Cc3ccc4occc4c3)C(=O)N(Cc3cccc4ccccc34)C[C@@H]21. The van der Waals surface area contributed by atoms with Crippen molar-refractivity contribution in [3.8, 4) is 0 Å². The molecule has 9 nitrogen and oxygen atoms in total. The van der Waals surface area contributed by atoms with Crippen LogP contribution in [0.25, 0.3) is 21.7 Å². The minimum absolute atomic E-state index is 0.0259. The zero-order valence-corrected chi connectivity index (χ0v) is 31.7. The van der Waals surface area contributed by atoms with Crippen molar-refractivity contribution in [2.75, 3.05) is 19.6 Å². The number of hydrogen-bond donors (Lipinski definition) is 1. The number of carbonyl (C=O) groups excluding carboxylic acids is 3. The first kappa shape index (κ1) is 34.5. The summed E-state index contributed by atoms with van der Waals surface area (Å²) < 4.78 is 7.36. The van der Waals surface area contributed by atoms with Crippen LogP contribution in [-0.4, -0.2) is 69.5 Å². The first-order chi connectivity index (χ1) is 24.4. The number of urea groups is 1. The van der Waals surface area contributed by atoms with Crippen LogP contribution in [-0.2, 0) is 38.0 Å². The molecule has 2 aliphatic rings. The first-order valence-electron chi connectivity index (χ1n) is 16.6. The molecule has 0 spiro atoms. The molecule has 2 fully saturated rings. The number of alkyl halides is 2. The van der Waals surface area contributed by atoms with Gasteiger partial charge in [-0.1, -0.05) is 118 Å². The Bertz CT molecular complexity index is 2080. The maximum atomic E-state index is 14.5. The average molecular weight is 894 g/mol. The average Bonchev–Trinajstić information content (AvgIpc) is 3.74. The molecule has 0 saturated carbocycles. The molecule has 11 heteroatoms. The number of hydrogen-bond acceptors (Lipinski definition) is 5. The maximum Gasteiger partial charge on any atom is 0.332 e. The largest absolute Gasteiger partial charge is 0.464 e. The molecular formula is C39H37I2N5O4. The Hall–Kier alpha value is -3.95. The molecule has 7 rings (SSSR count). The summed E-state index contributed by atoms with van der Waals surface area (Å²) in [4.78, 5) is 45.8. The minimum Gasteiger partial charge on any atom is -0.464 e. The summed E-state index contributed by atoms with van der Waals surface area (Å²) in [5, 5.41) is 9.57. The monoisotopic (exact) mass is 893 g/mol. The second kappa shape index (κ2) is 15.1. The molecule has 0 radical (unpaired) electrons. The Labute approximate surface area is 318 Å². The summed E-state index contributed by atoms with van der Waals surface area (Å²) in [6, 6.07) is 27.3. The van der Waals surface area contributed by atoms with E-state index in [1.807, 2.05) is 58.4 Å². The van der Waals surface area contributed by atoms with Gasteiger partial charge < -0.3 is 19.5 Å². The van der Waals surface area contributed by atoms with Gasteiger partial charge in [0.25, 0.3) is 0 Å². The van der Waals surface area contributed by atoms with E-state index in [0.29, 0.717) is 19.5 Å². The van der Waals surface area contributed by atoms with Gasteiger partial charge in [0, 0.05) is 33.8 Å². The van der Waals surface area contributed by atoms with E-state index in [2.05, 4.69) is 93.5 Å². The van der Waals surface area contributed by atoms with Crippen molar-refractivity contribution in [3.05, 3.63) is 132 Å². The summed E-state index contributed by atoms with van der Waals surface area (Å²) >= 11 is 4.74. The van der Waals surface area contributed by atoms with Crippen LogP contribution in [0.5, 0.6) is 0 Å². The lowest BCUT2D eigenvalue weighted by Crippen LogP contribution is -2.66. The Morgan fingerprint density at radius 2 is 1.72 bits per heavy atom. The molecule has 4 aromatic carbocycles. The van der Waals surface area contributed by atoms with E-state index < -0.39 is 12.2 Å². The lowest BCUT2D eigenvalue weighted by Gasteiger charge is -2.46. The Kier molecular flexibility index (Phi) is 10.4. The zero-order valence-electron chi connectivity index (χ0n) is 27.4. The second-order valence-electron chi connectivity index (χ2n) is 12.6. The highest BCUT2D eigenvalue weighted by atomic mass is 127. The highest BCUT2D eigenvalue weighted by molar-refractivity contribution is 14.1. The number of hydrazine groups is 1. The Morgan fingerprint density at radius 3 is 2.54 bits per heavy atom. The molecular weight excluding hydrogens is 856 g/mol. The van der Waals surface area contributed by atoms with Crippen molar-refractivity contribution in [1.29, 1.82) is 0 Å². The second-order valence-corrected chi connectivity index (χ2v) is 14.2. The highest BCUT2D eigenvalue weighted by Crippen LogP contribution is 2.32. The topological polar surface area (TPSA) is 89.3 Å². The van der Waals surface area contributed by atoms with Gasteiger partial charge in [-0.2, -0.15) is 5.01 Å². The number of nitrogens with zero attached hydrogens (tertiary/aromatic N) is 4. The van der Waals surface area contributed by atoms with Crippen molar-refractivity contribution in [2.24, 2.45) is 0 Å². The van der Waals surface area contributed by atoms with Gasteiger partial charge in [-0.3, -0.25) is 14.6 Å². The number of fused-ring (bicyclic) bond motifs is 3. The van der Waals surface area contributed by atoms with Crippen LogP contribution in [0.15, 0.2) is 108 Å². The number of piperazine rings is 1. The van der Waals surface area contributed by atoms with E-state index in [0.717, 1.165) is 47.3 Å². The molecule has 2 aliphatic heterocycles. The number of nitrogens with one attached hydrogen (secondary N) is 1. The van der Waals surface area contributed by atoms with Gasteiger partial charge in [0.2, 0.25) is 11.8 Å². The molecule has 0 unspecified atom stereocenters. The van der Waals surface area contributed by atoms with Crippen molar-refractivity contribution in [2.45, 2.75) is 40.6 Å². The molecule has 50 heavy (non-hydrogen) atoms. The van der Waals surface area contributed by atoms with Crippen LogP contribution in [0.3, 0.4) is 0 Å². The number of halogens is 2. The van der Waals surface area contributed by atoms with E-state index >= 15 is 0 Å². The van der Waals surface area contributed by atoms with E-state index in [-0.39, 0.29) is 37.5 Å². The van der Waals surface area contributed by atoms with Crippen LogP contribution in [0.4, 0.5) is 4.79 Å². The third-order valence-corrected chi connectivity index (χ3v) is 11.2. The number of benzene rings is 4. The molecule has 3 heterocycles. The summed E-state index contributed by atoms with van der Waals surface area (Å²) in [5.41, 5.74) is 6.27. The lowest BCUT2D eigenvalue weighted by molar-refractivity contribution is -0.157. The van der Waals surface area contributed by atoms with Gasteiger partial charge in [0.05, 0.1) is 25.9 Å². The predicted octanol–water partition coefficient (Wildman–Crippen LogP) is 7.19. The summed E-state index contributed by atoms with van der Waals surface area (Å²) in [6.45, 7) is 5.08. The molecule has 2 atom stereocenters. The van der Waals surface area contributed by atoms with Gasteiger partial charge >= 0.3 is 6.03 Å². The Balaban J connectivity index is 1.19. The fourth-order valence-corrected chi connectivity index (χ4v) is 8.59. The van der Waals surface area contributed by atoms with E-state index in [4.69, 9.17) is 4.42 Å². The fraction of sp³-hybridized carbons (Fsp3) is 0.256. The van der Waals surface area contributed by atoms with Gasteiger partial charge in [0.1, 0.15) is 17.8 Å². The predicted molar refractivity (Wildman–Crippen MR) is 211 cm³/mol. The van der Waals surface area contributed by atoms with Gasteiger partial charge in [0.15, 0.2) is 0 Å². The number of rotatable bonds is 11. The third-order valence-electron chi connectivity index (χ3n) is 9.60. The van der Waals surface area contributed by atoms with E-state index in [1.165, 1.54) is 11.1 Å². The van der Waals surface area contributed by atoms with Crippen molar-refractivity contribution in [1.82, 2.24) is 25.1 Å². The molecule has 1 N–H and O–H groups in total. The quantitative estimate of drug-likeness (QED) is 0.0863. The zero-order chi connectivity index (χ0) is 34.8. The van der Waals surface area contributed by atoms with Crippen LogP contribution in [0.1, 0.15) is 27.8 Å². The smallest absolute Gasteiger partial charge is 0.332 e. The summed E-state index contributed by atoms with van der Waals surface area (Å²) in [5.74, 6) is -0.303. The standard InChI is InChI=1S/C39H37I2N5O4/c1-2-15-44(39(49)42-22-27-10-12-30(20-40)32(18-27)21-41)45-25-37(47)46-34(19-26-11-13-35-29(17-26)14-16-50-35)38(48)43(24-36(45)46)23-31-8-5-7-28-6-3-4-9-33(28)31/h2-14,16-18,34,36H,1,15,19-25H2,(H,42,49)/t34-,36+/m0/s1. The van der Waals surface area contributed by atoms with E-state index in [9.17, 15) is 14.4 Å². The molecule has 256 valence electrons. The van der Waals surface area contributed by atoms with Crippen LogP contribution < -0.4 is 5.32 Å². The highest BCUT2D eigenvalue weighted by Gasteiger charge is 2.52. The molecule has 5 aromatic rings. The summed E-state index contributed by atoms with van der Waals surface area (Å²) in [7, 11) is 0.